The molecule has 1 aliphatic carbocycles. The summed E-state index contributed by atoms with van der Waals surface area (Å²) >= 11 is 0. The Hall–Kier alpha value is -2.61. The van der Waals surface area contributed by atoms with Crippen molar-refractivity contribution < 1.29 is 9.90 Å². The monoisotopic (exact) mass is 376 g/mol. The molecule has 0 radical (unpaired) electrons. The highest BCUT2D eigenvalue weighted by Gasteiger charge is 2.26. The zero-order valence-electron chi connectivity index (χ0n) is 17.5. The summed E-state index contributed by atoms with van der Waals surface area (Å²) in [6.07, 6.45) is 15.8. The number of aliphatic carboxylic acids is 1. The van der Waals surface area contributed by atoms with Crippen LogP contribution in [0.4, 0.5) is 0 Å². The van der Waals surface area contributed by atoms with E-state index >= 15 is 0 Å². The van der Waals surface area contributed by atoms with Gasteiger partial charge in [-0.25, -0.2) is 4.79 Å². The molecule has 2 rings (SSSR count). The third-order valence-electron chi connectivity index (χ3n) is 5.28. The molecule has 0 spiro atoms. The molecule has 0 atom stereocenters. The van der Waals surface area contributed by atoms with Crippen LogP contribution in [0.2, 0.25) is 0 Å². The number of benzene rings is 1. The van der Waals surface area contributed by atoms with Crippen molar-refractivity contribution in [2.45, 2.75) is 53.4 Å². The molecule has 2 nitrogen and oxygen atoms in total. The highest BCUT2D eigenvalue weighted by molar-refractivity contribution is 5.81. The van der Waals surface area contributed by atoms with E-state index in [1.54, 1.807) is 0 Å². The lowest BCUT2D eigenvalue weighted by Gasteiger charge is -2.32. The Bertz CT molecular complexity index is 830. The van der Waals surface area contributed by atoms with E-state index in [0.717, 1.165) is 16.7 Å². The molecule has 0 heterocycles. The first-order valence-electron chi connectivity index (χ1n) is 9.98. The van der Waals surface area contributed by atoms with E-state index in [0.29, 0.717) is 6.42 Å². The Balaban J connectivity index is 2.10. The summed E-state index contributed by atoms with van der Waals surface area (Å²) in [4.78, 5) is 11.1. The summed E-state index contributed by atoms with van der Waals surface area (Å²) in [7, 11) is 0. The van der Waals surface area contributed by atoms with Gasteiger partial charge < -0.3 is 5.11 Å². The van der Waals surface area contributed by atoms with Gasteiger partial charge in [0.1, 0.15) is 0 Å². The van der Waals surface area contributed by atoms with Gasteiger partial charge in [-0.15, -0.1) is 0 Å². The maximum atomic E-state index is 11.1. The second-order valence-corrected chi connectivity index (χ2v) is 8.25. The highest BCUT2D eigenvalue weighted by atomic mass is 16.4. The van der Waals surface area contributed by atoms with E-state index in [2.05, 4.69) is 39.8 Å². The maximum Gasteiger partial charge on any atom is 0.328 e. The number of carbonyl (C=O) groups is 1. The second-order valence-electron chi connectivity index (χ2n) is 8.25. The molecule has 28 heavy (non-hydrogen) atoms. The lowest BCUT2D eigenvalue weighted by molar-refractivity contribution is -0.131. The van der Waals surface area contributed by atoms with Gasteiger partial charge >= 0.3 is 5.97 Å². The molecular weight excluding hydrogens is 344 g/mol. The lowest BCUT2D eigenvalue weighted by atomic mass is 9.72. The Morgan fingerprint density at radius 3 is 2.54 bits per heavy atom. The molecule has 0 unspecified atom stereocenters. The molecule has 0 bridgehead atoms. The van der Waals surface area contributed by atoms with Crippen LogP contribution in [0.15, 0.2) is 89.1 Å². The average molecular weight is 377 g/mol. The van der Waals surface area contributed by atoms with Crippen LogP contribution < -0.4 is 0 Å². The van der Waals surface area contributed by atoms with E-state index in [-0.39, 0.29) is 5.41 Å². The van der Waals surface area contributed by atoms with Gasteiger partial charge in [0.2, 0.25) is 0 Å². The van der Waals surface area contributed by atoms with Crippen molar-refractivity contribution in [3.8, 4) is 0 Å². The number of carboxylic acid groups (broad SMARTS) is 1. The molecule has 148 valence electrons. The molecule has 0 saturated carbocycles. The van der Waals surface area contributed by atoms with Crippen molar-refractivity contribution in [3.05, 3.63) is 94.6 Å². The molecular formula is C26H32O2. The summed E-state index contributed by atoms with van der Waals surface area (Å²) < 4.78 is 0. The lowest BCUT2D eigenvalue weighted by Crippen LogP contribution is -2.19. The van der Waals surface area contributed by atoms with Crippen molar-refractivity contribution in [2.75, 3.05) is 0 Å². The van der Waals surface area contributed by atoms with Crippen molar-refractivity contribution in [2.24, 2.45) is 5.41 Å². The molecule has 0 saturated heterocycles. The van der Waals surface area contributed by atoms with Crippen LogP contribution >= 0.6 is 0 Å². The Kier molecular flexibility index (Phi) is 7.80. The average Bonchev–Trinajstić information content (AvgIpc) is 2.61. The second kappa shape index (κ2) is 10.1. The largest absolute Gasteiger partial charge is 0.478 e. The van der Waals surface area contributed by atoms with Crippen LogP contribution in [0, 0.1) is 5.41 Å². The Labute approximate surface area is 169 Å². The fourth-order valence-corrected chi connectivity index (χ4v) is 3.75. The van der Waals surface area contributed by atoms with Gasteiger partial charge in [-0.05, 0) is 61.7 Å². The number of rotatable bonds is 7. The molecule has 1 aliphatic rings. The molecule has 0 amide bonds. The van der Waals surface area contributed by atoms with Crippen LogP contribution in [-0.4, -0.2) is 11.1 Å². The quantitative estimate of drug-likeness (QED) is 0.418. The van der Waals surface area contributed by atoms with Crippen molar-refractivity contribution in [3.63, 3.8) is 0 Å². The van der Waals surface area contributed by atoms with Gasteiger partial charge in [0.05, 0.1) is 0 Å². The summed E-state index contributed by atoms with van der Waals surface area (Å²) in [5, 5.41) is 9.13. The van der Waals surface area contributed by atoms with Gasteiger partial charge in [0, 0.05) is 6.08 Å². The minimum absolute atomic E-state index is 0.238. The summed E-state index contributed by atoms with van der Waals surface area (Å²) in [6.45, 7) is 8.96. The molecule has 1 N–H and O–H groups in total. The van der Waals surface area contributed by atoms with E-state index in [1.165, 1.54) is 36.5 Å². The van der Waals surface area contributed by atoms with E-state index < -0.39 is 5.97 Å². The third kappa shape index (κ3) is 6.84. The van der Waals surface area contributed by atoms with Crippen LogP contribution in [0.1, 0.15) is 52.5 Å². The molecule has 1 aromatic carbocycles. The van der Waals surface area contributed by atoms with Gasteiger partial charge in [0.15, 0.2) is 0 Å². The molecule has 1 aromatic rings. The van der Waals surface area contributed by atoms with Crippen LogP contribution in [0.5, 0.6) is 0 Å². The molecule has 2 heteroatoms. The fraction of sp³-hybridized carbons (Fsp3) is 0.346. The molecule has 0 aliphatic heterocycles. The number of allylic oxidation sites excluding steroid dienone is 9. The van der Waals surface area contributed by atoms with Gasteiger partial charge in [-0.1, -0.05) is 85.7 Å². The summed E-state index contributed by atoms with van der Waals surface area (Å²) in [6, 6.07) is 9.92. The summed E-state index contributed by atoms with van der Waals surface area (Å²) in [5.41, 5.74) is 6.20. The van der Waals surface area contributed by atoms with Crippen molar-refractivity contribution in [1.82, 2.24) is 0 Å². The smallest absolute Gasteiger partial charge is 0.328 e. The molecule has 0 aromatic heterocycles. The van der Waals surface area contributed by atoms with Gasteiger partial charge in [-0.3, -0.25) is 0 Å². The predicted octanol–water partition coefficient (Wildman–Crippen LogP) is 6.83. The van der Waals surface area contributed by atoms with Gasteiger partial charge in [-0.2, -0.15) is 0 Å². The van der Waals surface area contributed by atoms with Crippen LogP contribution in [0.25, 0.3) is 0 Å². The number of carboxylic acids is 1. The van der Waals surface area contributed by atoms with Crippen LogP contribution in [-0.2, 0) is 11.2 Å². The highest BCUT2D eigenvalue weighted by Crippen LogP contribution is 2.40. The zero-order valence-corrected chi connectivity index (χ0v) is 17.5. The first-order chi connectivity index (χ1) is 13.3. The number of hydrogen-bond acceptors (Lipinski definition) is 1. The third-order valence-corrected chi connectivity index (χ3v) is 5.28. The maximum absolute atomic E-state index is 11.1. The van der Waals surface area contributed by atoms with E-state index in [4.69, 9.17) is 5.11 Å². The zero-order chi connectivity index (χ0) is 20.6. The van der Waals surface area contributed by atoms with E-state index in [9.17, 15) is 4.79 Å². The number of hydrogen-bond donors (Lipinski definition) is 1. The standard InChI is InChI=1S/C26H32O2/c1-20(15-16-24-21(2)11-9-17-26(24,3)4)10-8-14-23(19-25(27)28)18-22-12-6-5-7-13-22/h5-8,10,12-16,19H,9,11,17-18H2,1-4H3,(H,27,28)/b14-8+,16-15+,20-10+,23-19-. The minimum Gasteiger partial charge on any atom is -0.478 e. The van der Waals surface area contributed by atoms with Gasteiger partial charge in [0.25, 0.3) is 0 Å². The normalized spacial score (nSPS) is 18.3. The summed E-state index contributed by atoms with van der Waals surface area (Å²) in [5.74, 6) is -0.918. The van der Waals surface area contributed by atoms with Crippen molar-refractivity contribution in [1.29, 1.82) is 0 Å². The fourth-order valence-electron chi connectivity index (χ4n) is 3.75. The first-order valence-corrected chi connectivity index (χ1v) is 9.98. The van der Waals surface area contributed by atoms with Crippen LogP contribution in [0.3, 0.4) is 0 Å². The predicted molar refractivity (Wildman–Crippen MR) is 118 cm³/mol. The molecule has 0 fully saturated rings. The Morgan fingerprint density at radius 2 is 1.89 bits per heavy atom. The minimum atomic E-state index is -0.918. The van der Waals surface area contributed by atoms with Crippen molar-refractivity contribution >= 4 is 5.97 Å². The topological polar surface area (TPSA) is 37.3 Å². The SMILES string of the molecule is CC1=C(/C=C/C(C)=C/C=C/C(=C/C(=O)O)Cc2ccccc2)C(C)(C)CCC1. The first kappa shape index (κ1) is 21.7. The Morgan fingerprint density at radius 1 is 1.18 bits per heavy atom. The van der Waals surface area contributed by atoms with E-state index in [1.807, 2.05) is 48.6 Å².